The van der Waals surface area contributed by atoms with Crippen molar-refractivity contribution in [3.8, 4) is 0 Å². The third-order valence-corrected chi connectivity index (χ3v) is 9.90. The molecule has 37 heavy (non-hydrogen) atoms. The lowest BCUT2D eigenvalue weighted by Crippen LogP contribution is -2.56. The summed E-state index contributed by atoms with van der Waals surface area (Å²) in [6, 6.07) is 9.10. The molecule has 2 saturated heterocycles. The monoisotopic (exact) mass is 548 g/mol. The second-order valence-electron chi connectivity index (χ2n) is 10.4. The van der Waals surface area contributed by atoms with Crippen LogP contribution >= 0.6 is 23.5 Å². The largest absolute Gasteiger partial charge is 0.465 e. The van der Waals surface area contributed by atoms with Crippen LogP contribution in [0.5, 0.6) is 0 Å². The van der Waals surface area contributed by atoms with Gasteiger partial charge < -0.3 is 15.7 Å². The Balaban J connectivity index is 1.29. The molecular weight excluding hydrogens is 508 g/mol. The SMILES string of the molecule is O=C(NC1CCN(Cc2ccccc2)CC1)[C@H](CSCC1CCCCC1)NC(=O)[C@@H]1CSCN1C(=O)O. The number of nitrogens with zero attached hydrogens (tertiary/aromatic N) is 2. The molecule has 1 aliphatic carbocycles. The average Bonchev–Trinajstić information content (AvgIpc) is 3.41. The molecule has 3 fully saturated rings. The molecule has 8 nitrogen and oxygen atoms in total. The first-order valence-electron chi connectivity index (χ1n) is 13.5. The van der Waals surface area contributed by atoms with Gasteiger partial charge in [-0.05, 0) is 42.9 Å². The molecule has 2 atom stereocenters. The zero-order valence-corrected chi connectivity index (χ0v) is 23.1. The molecule has 0 unspecified atom stereocenters. The van der Waals surface area contributed by atoms with Crippen LogP contribution in [0.3, 0.4) is 0 Å². The Bertz CT molecular complexity index is 892. The second-order valence-corrected chi connectivity index (χ2v) is 12.5. The average molecular weight is 549 g/mol. The lowest BCUT2D eigenvalue weighted by atomic mass is 9.91. The zero-order valence-electron chi connectivity index (χ0n) is 21.5. The Morgan fingerprint density at radius 3 is 2.49 bits per heavy atom. The Hall–Kier alpha value is -1.91. The predicted molar refractivity (Wildman–Crippen MR) is 150 cm³/mol. The molecule has 0 aromatic heterocycles. The van der Waals surface area contributed by atoms with Crippen LogP contribution in [0.1, 0.15) is 50.5 Å². The van der Waals surface area contributed by atoms with Gasteiger partial charge in [-0.25, -0.2) is 4.79 Å². The highest BCUT2D eigenvalue weighted by Crippen LogP contribution is 2.27. The van der Waals surface area contributed by atoms with E-state index in [-0.39, 0.29) is 23.7 Å². The number of carboxylic acid groups (broad SMARTS) is 1. The maximum Gasteiger partial charge on any atom is 0.408 e. The number of carbonyl (C=O) groups is 3. The summed E-state index contributed by atoms with van der Waals surface area (Å²) in [5, 5.41) is 15.5. The van der Waals surface area contributed by atoms with Crippen LogP contribution in [0.15, 0.2) is 30.3 Å². The van der Waals surface area contributed by atoms with Gasteiger partial charge in [-0.1, -0.05) is 49.6 Å². The van der Waals surface area contributed by atoms with E-state index in [1.165, 1.54) is 49.4 Å². The molecule has 1 aromatic carbocycles. The van der Waals surface area contributed by atoms with Crippen molar-refractivity contribution in [1.82, 2.24) is 20.4 Å². The fourth-order valence-corrected chi connectivity index (χ4v) is 7.80. The van der Waals surface area contributed by atoms with Crippen molar-refractivity contribution in [3.05, 3.63) is 35.9 Å². The van der Waals surface area contributed by atoms with E-state index in [1.807, 2.05) is 6.07 Å². The Morgan fingerprint density at radius 2 is 1.78 bits per heavy atom. The van der Waals surface area contributed by atoms with Gasteiger partial charge in [-0.2, -0.15) is 11.8 Å². The van der Waals surface area contributed by atoms with Gasteiger partial charge in [0.05, 0.1) is 5.88 Å². The van der Waals surface area contributed by atoms with Crippen LogP contribution in [0, 0.1) is 5.92 Å². The molecule has 0 radical (unpaired) electrons. The Labute approximate surface area is 228 Å². The van der Waals surface area contributed by atoms with Crippen LogP contribution in [0.25, 0.3) is 0 Å². The molecule has 2 heterocycles. The maximum absolute atomic E-state index is 13.3. The quantitative estimate of drug-likeness (QED) is 0.411. The summed E-state index contributed by atoms with van der Waals surface area (Å²) in [6.45, 7) is 2.75. The number of hydrogen-bond acceptors (Lipinski definition) is 6. The first-order chi connectivity index (χ1) is 18.0. The number of amides is 3. The van der Waals surface area contributed by atoms with Gasteiger partial charge in [0.1, 0.15) is 12.1 Å². The zero-order chi connectivity index (χ0) is 26.0. The van der Waals surface area contributed by atoms with Crippen molar-refractivity contribution in [2.75, 3.05) is 36.2 Å². The number of piperidine rings is 1. The number of likely N-dealkylation sites (tertiary alicyclic amines) is 1. The van der Waals surface area contributed by atoms with Crippen molar-refractivity contribution >= 4 is 41.4 Å². The van der Waals surface area contributed by atoms with Gasteiger partial charge in [0.15, 0.2) is 0 Å². The van der Waals surface area contributed by atoms with Crippen molar-refractivity contribution in [1.29, 1.82) is 0 Å². The number of thioether (sulfide) groups is 2. The third-order valence-electron chi connectivity index (χ3n) is 7.61. The van der Waals surface area contributed by atoms with E-state index in [0.29, 0.717) is 17.4 Å². The van der Waals surface area contributed by atoms with Gasteiger partial charge in [0, 0.05) is 37.2 Å². The predicted octanol–water partition coefficient (Wildman–Crippen LogP) is 3.62. The van der Waals surface area contributed by atoms with Gasteiger partial charge in [0.25, 0.3) is 0 Å². The molecule has 3 amide bonds. The molecule has 3 N–H and O–H groups in total. The minimum absolute atomic E-state index is 0.0832. The van der Waals surface area contributed by atoms with Crippen LogP contribution in [0.2, 0.25) is 0 Å². The summed E-state index contributed by atoms with van der Waals surface area (Å²) in [6.07, 6.45) is 7.00. The topological polar surface area (TPSA) is 102 Å². The summed E-state index contributed by atoms with van der Waals surface area (Å²) >= 11 is 3.15. The molecular formula is C27H40N4O4S2. The smallest absolute Gasteiger partial charge is 0.408 e. The Kier molecular flexibility index (Phi) is 10.9. The van der Waals surface area contributed by atoms with Gasteiger partial charge in [-0.15, -0.1) is 11.8 Å². The fraction of sp³-hybridized carbons (Fsp3) is 0.667. The minimum atomic E-state index is -1.10. The first kappa shape index (κ1) is 28.1. The van der Waals surface area contributed by atoms with Gasteiger partial charge in [-0.3, -0.25) is 19.4 Å². The third kappa shape index (κ3) is 8.55. The highest BCUT2D eigenvalue weighted by molar-refractivity contribution is 7.99. The molecule has 0 spiro atoms. The normalized spacial score (nSPS) is 22.5. The molecule has 4 rings (SSSR count). The lowest BCUT2D eigenvalue weighted by molar-refractivity contribution is -0.130. The van der Waals surface area contributed by atoms with Crippen molar-refractivity contribution < 1.29 is 19.5 Å². The molecule has 1 saturated carbocycles. The van der Waals surface area contributed by atoms with E-state index >= 15 is 0 Å². The van der Waals surface area contributed by atoms with Crippen LogP contribution in [-0.4, -0.2) is 87.2 Å². The van der Waals surface area contributed by atoms with Gasteiger partial charge in [0.2, 0.25) is 11.8 Å². The molecule has 204 valence electrons. The number of carbonyl (C=O) groups excluding carboxylic acids is 2. The summed E-state index contributed by atoms with van der Waals surface area (Å²) in [5.41, 5.74) is 1.29. The van der Waals surface area contributed by atoms with Crippen molar-refractivity contribution in [2.45, 2.75) is 69.6 Å². The molecule has 10 heteroatoms. The highest BCUT2D eigenvalue weighted by Gasteiger charge is 2.37. The van der Waals surface area contributed by atoms with E-state index < -0.39 is 18.2 Å². The van der Waals surface area contributed by atoms with Crippen molar-refractivity contribution in [2.24, 2.45) is 5.92 Å². The lowest BCUT2D eigenvalue weighted by Gasteiger charge is -2.33. The van der Waals surface area contributed by atoms with Crippen LogP contribution < -0.4 is 10.6 Å². The maximum atomic E-state index is 13.3. The number of benzene rings is 1. The van der Waals surface area contributed by atoms with Gasteiger partial charge >= 0.3 is 6.09 Å². The second kappa shape index (κ2) is 14.3. The molecule has 3 aliphatic rings. The van der Waals surface area contributed by atoms with E-state index in [9.17, 15) is 19.5 Å². The highest BCUT2D eigenvalue weighted by atomic mass is 32.2. The number of hydrogen-bond donors (Lipinski definition) is 3. The summed E-state index contributed by atoms with van der Waals surface area (Å²) in [5.74, 6) is 2.36. The van der Waals surface area contributed by atoms with E-state index in [1.54, 1.807) is 11.8 Å². The summed E-state index contributed by atoms with van der Waals surface area (Å²) < 4.78 is 0. The standard InChI is InChI=1S/C27H40N4O4S2/c32-25(28-22-11-13-30(14-12-22)15-20-7-3-1-4-8-20)23(17-36-16-21-9-5-2-6-10-21)29-26(33)24-18-37-19-31(24)27(34)35/h1,3-4,7-8,21-24H,2,5-6,9-19H2,(H,28,32)(H,29,33)(H,34,35)/t23-,24-/m0/s1. The summed E-state index contributed by atoms with van der Waals surface area (Å²) in [7, 11) is 0. The molecule has 2 aliphatic heterocycles. The fourth-order valence-electron chi connectivity index (χ4n) is 5.38. The number of rotatable bonds is 10. The van der Waals surface area contributed by atoms with E-state index in [2.05, 4.69) is 39.8 Å². The first-order valence-corrected chi connectivity index (χ1v) is 15.8. The summed E-state index contributed by atoms with van der Waals surface area (Å²) in [4.78, 5) is 41.5. The van der Waals surface area contributed by atoms with Crippen LogP contribution in [0.4, 0.5) is 4.79 Å². The minimum Gasteiger partial charge on any atom is -0.465 e. The van der Waals surface area contributed by atoms with Crippen LogP contribution in [-0.2, 0) is 16.1 Å². The molecule has 0 bridgehead atoms. The van der Waals surface area contributed by atoms with E-state index in [0.717, 1.165) is 43.1 Å². The Morgan fingerprint density at radius 1 is 1.05 bits per heavy atom. The number of nitrogens with one attached hydrogen (secondary N) is 2. The molecule has 1 aromatic rings. The van der Waals surface area contributed by atoms with Crippen molar-refractivity contribution in [3.63, 3.8) is 0 Å². The van der Waals surface area contributed by atoms with E-state index in [4.69, 9.17) is 0 Å².